The number of hydrogen-bond acceptors (Lipinski definition) is 3. The van der Waals surface area contributed by atoms with Gasteiger partial charge in [-0.25, -0.2) is 14.1 Å². The van der Waals surface area contributed by atoms with Crippen LogP contribution in [0.3, 0.4) is 0 Å². The minimum Gasteiger partial charge on any atom is -0.356 e. The number of para-hydroxylation sites is 1. The van der Waals surface area contributed by atoms with E-state index in [1.54, 1.807) is 30.9 Å². The smallest absolute Gasteiger partial charge is 0.328 e. The van der Waals surface area contributed by atoms with Crippen molar-refractivity contribution in [1.29, 1.82) is 0 Å². The van der Waals surface area contributed by atoms with Crippen LogP contribution < -0.4 is 5.32 Å². The number of urea groups is 1. The molecular weight excluding hydrogens is 411 g/mol. The van der Waals surface area contributed by atoms with Crippen molar-refractivity contribution < 1.29 is 18.8 Å². The first kappa shape index (κ1) is 20.2. The summed E-state index contributed by atoms with van der Waals surface area (Å²) in [6.07, 6.45) is 0.632. The molecule has 0 aliphatic carbocycles. The van der Waals surface area contributed by atoms with Gasteiger partial charge in [0.2, 0.25) is 5.91 Å². The predicted octanol–water partition coefficient (Wildman–Crippen LogP) is 3.05. The molecule has 0 unspecified atom stereocenters. The minimum absolute atomic E-state index is 0.173. The highest BCUT2D eigenvalue weighted by Gasteiger charge is 2.60. The largest absolute Gasteiger partial charge is 0.356 e. The van der Waals surface area contributed by atoms with Crippen LogP contribution >= 0.6 is 0 Å². The Kier molecular flexibility index (Phi) is 4.54. The van der Waals surface area contributed by atoms with Gasteiger partial charge in [-0.2, -0.15) is 0 Å². The third-order valence-corrected chi connectivity index (χ3v) is 6.64. The van der Waals surface area contributed by atoms with E-state index in [9.17, 15) is 18.8 Å². The molecule has 2 atom stereocenters. The zero-order valence-corrected chi connectivity index (χ0v) is 17.8. The molecule has 32 heavy (non-hydrogen) atoms. The van der Waals surface area contributed by atoms with Gasteiger partial charge in [0.25, 0.3) is 5.91 Å². The summed E-state index contributed by atoms with van der Waals surface area (Å²) in [5, 5.41) is 3.79. The van der Waals surface area contributed by atoms with E-state index >= 15 is 0 Å². The SMILES string of the molecule is C[C@@H](C(=O)NCc1ccc(F)cc1)N1C(=O)N2CCc3c([nH]c4ccccc34)[C@@]2(C)C1=O. The zero-order valence-electron chi connectivity index (χ0n) is 17.8. The number of hydrogen-bond donors (Lipinski definition) is 2. The number of amides is 4. The molecule has 2 N–H and O–H groups in total. The van der Waals surface area contributed by atoms with Crippen molar-refractivity contribution in [2.24, 2.45) is 0 Å². The van der Waals surface area contributed by atoms with Crippen LogP contribution in [0, 0.1) is 5.82 Å². The van der Waals surface area contributed by atoms with Crippen LogP contribution in [0.5, 0.6) is 0 Å². The lowest BCUT2D eigenvalue weighted by atomic mass is 9.87. The molecule has 7 nitrogen and oxygen atoms in total. The van der Waals surface area contributed by atoms with Gasteiger partial charge < -0.3 is 15.2 Å². The lowest BCUT2D eigenvalue weighted by Gasteiger charge is -2.36. The molecule has 0 spiro atoms. The number of H-pyrrole nitrogens is 1. The van der Waals surface area contributed by atoms with E-state index in [-0.39, 0.29) is 12.4 Å². The van der Waals surface area contributed by atoms with E-state index in [0.29, 0.717) is 18.7 Å². The van der Waals surface area contributed by atoms with Crippen molar-refractivity contribution in [3.63, 3.8) is 0 Å². The lowest BCUT2D eigenvalue weighted by molar-refractivity contribution is -0.139. The van der Waals surface area contributed by atoms with Crippen LogP contribution in [-0.4, -0.2) is 45.2 Å². The highest BCUT2D eigenvalue weighted by atomic mass is 19.1. The fourth-order valence-electron chi connectivity index (χ4n) is 4.82. The van der Waals surface area contributed by atoms with Gasteiger partial charge in [0, 0.05) is 24.0 Å². The van der Waals surface area contributed by atoms with Crippen LogP contribution in [0.15, 0.2) is 48.5 Å². The van der Waals surface area contributed by atoms with Crippen molar-refractivity contribution in [2.45, 2.75) is 38.4 Å². The van der Waals surface area contributed by atoms with Gasteiger partial charge in [-0.15, -0.1) is 0 Å². The number of benzene rings is 2. The molecule has 3 aromatic rings. The quantitative estimate of drug-likeness (QED) is 0.619. The third kappa shape index (κ3) is 2.82. The standard InChI is InChI=1S/C24H23FN4O3/c1-14(21(30)26-13-15-7-9-16(25)10-8-15)29-22(31)24(2)20-18(11-12-28(24)23(29)32)17-5-3-4-6-19(17)27-20/h3-10,14,27H,11-13H2,1-2H3,(H,26,30)/t14-,24-/m0/s1. The summed E-state index contributed by atoms with van der Waals surface area (Å²) in [6, 6.07) is 12.2. The van der Waals surface area contributed by atoms with Gasteiger partial charge >= 0.3 is 6.03 Å². The Bertz CT molecular complexity index is 1250. The van der Waals surface area contributed by atoms with Crippen molar-refractivity contribution in [1.82, 2.24) is 20.1 Å². The maximum absolute atomic E-state index is 13.6. The zero-order chi connectivity index (χ0) is 22.6. The van der Waals surface area contributed by atoms with E-state index in [2.05, 4.69) is 10.3 Å². The molecule has 1 saturated heterocycles. The maximum Gasteiger partial charge on any atom is 0.328 e. The number of rotatable bonds is 4. The Balaban J connectivity index is 1.41. The number of carbonyl (C=O) groups is 3. The van der Waals surface area contributed by atoms with Gasteiger partial charge in [0.1, 0.15) is 11.9 Å². The van der Waals surface area contributed by atoms with Crippen LogP contribution in [0.1, 0.15) is 30.7 Å². The molecule has 2 aliphatic rings. The molecule has 164 valence electrons. The Morgan fingerprint density at radius 2 is 1.91 bits per heavy atom. The number of aromatic amines is 1. The van der Waals surface area contributed by atoms with E-state index < -0.39 is 29.4 Å². The fraction of sp³-hybridized carbons (Fsp3) is 0.292. The van der Waals surface area contributed by atoms with Crippen LogP contribution in [0.4, 0.5) is 9.18 Å². The monoisotopic (exact) mass is 434 g/mol. The second-order valence-corrected chi connectivity index (χ2v) is 8.48. The molecule has 0 bridgehead atoms. The van der Waals surface area contributed by atoms with Crippen molar-refractivity contribution in [3.05, 3.63) is 71.2 Å². The molecule has 5 rings (SSSR count). The van der Waals surface area contributed by atoms with Gasteiger partial charge in [0.15, 0.2) is 5.54 Å². The first-order chi connectivity index (χ1) is 15.3. The van der Waals surface area contributed by atoms with Crippen LogP contribution in [0.2, 0.25) is 0 Å². The Hall–Kier alpha value is -3.68. The summed E-state index contributed by atoms with van der Waals surface area (Å²) >= 11 is 0. The maximum atomic E-state index is 13.6. The molecule has 8 heteroatoms. The topological polar surface area (TPSA) is 85.5 Å². The fourth-order valence-corrected chi connectivity index (χ4v) is 4.82. The van der Waals surface area contributed by atoms with Gasteiger partial charge in [-0.1, -0.05) is 30.3 Å². The number of aromatic nitrogens is 1. The van der Waals surface area contributed by atoms with Gasteiger partial charge in [-0.3, -0.25) is 9.59 Å². The van der Waals surface area contributed by atoms with Gasteiger partial charge in [0.05, 0.1) is 5.69 Å². The number of imide groups is 1. The number of nitrogens with zero attached hydrogens (tertiary/aromatic N) is 2. The Labute approximate surface area is 184 Å². The number of halogens is 1. The Morgan fingerprint density at radius 3 is 2.66 bits per heavy atom. The summed E-state index contributed by atoms with van der Waals surface area (Å²) in [7, 11) is 0. The summed E-state index contributed by atoms with van der Waals surface area (Å²) in [4.78, 5) is 45.6. The Morgan fingerprint density at radius 1 is 1.19 bits per heavy atom. The molecule has 0 saturated carbocycles. The predicted molar refractivity (Wildman–Crippen MR) is 116 cm³/mol. The molecule has 3 heterocycles. The normalized spacial score (nSPS) is 21.0. The van der Waals surface area contributed by atoms with E-state index in [4.69, 9.17) is 0 Å². The lowest BCUT2D eigenvalue weighted by Crippen LogP contribution is -2.49. The minimum atomic E-state index is -1.19. The first-order valence-corrected chi connectivity index (χ1v) is 10.6. The molecule has 2 aromatic carbocycles. The van der Waals surface area contributed by atoms with Crippen molar-refractivity contribution in [2.75, 3.05) is 6.54 Å². The summed E-state index contributed by atoms with van der Waals surface area (Å²) < 4.78 is 13.1. The second-order valence-electron chi connectivity index (χ2n) is 8.48. The summed E-state index contributed by atoms with van der Waals surface area (Å²) in [6.45, 7) is 3.86. The summed E-state index contributed by atoms with van der Waals surface area (Å²) in [5.41, 5.74) is 2.21. The molecule has 2 aliphatic heterocycles. The van der Waals surface area contributed by atoms with Crippen LogP contribution in [0.25, 0.3) is 10.9 Å². The molecular formula is C24H23FN4O3. The van der Waals surface area contributed by atoms with Crippen molar-refractivity contribution in [3.8, 4) is 0 Å². The van der Waals surface area contributed by atoms with Crippen LogP contribution in [-0.2, 0) is 28.1 Å². The average molecular weight is 434 g/mol. The van der Waals surface area contributed by atoms with E-state index in [1.165, 1.54) is 12.1 Å². The molecule has 1 aromatic heterocycles. The first-order valence-electron chi connectivity index (χ1n) is 10.6. The van der Waals surface area contributed by atoms with Gasteiger partial charge in [-0.05, 0) is 49.6 Å². The molecule has 0 radical (unpaired) electrons. The third-order valence-electron chi connectivity index (χ3n) is 6.64. The average Bonchev–Trinajstić information content (AvgIpc) is 3.26. The number of nitrogens with one attached hydrogen (secondary N) is 2. The number of carbonyl (C=O) groups excluding carboxylic acids is 3. The molecule has 4 amide bonds. The summed E-state index contributed by atoms with van der Waals surface area (Å²) in [5.74, 6) is -1.22. The van der Waals surface area contributed by atoms with E-state index in [1.807, 2.05) is 24.3 Å². The van der Waals surface area contributed by atoms with Crippen molar-refractivity contribution >= 4 is 28.7 Å². The van der Waals surface area contributed by atoms with E-state index in [0.717, 1.165) is 26.9 Å². The molecule has 1 fully saturated rings. The second kappa shape index (κ2) is 7.19. The highest BCUT2D eigenvalue weighted by Crippen LogP contribution is 2.44. The highest BCUT2D eigenvalue weighted by molar-refractivity contribution is 6.10. The number of fused-ring (bicyclic) bond motifs is 5.